The summed E-state index contributed by atoms with van der Waals surface area (Å²) in [6.07, 6.45) is 4.50. The monoisotopic (exact) mass is 373 g/mol. The molecule has 0 saturated heterocycles. The number of hydrogen-bond donors (Lipinski definition) is 2. The van der Waals surface area contributed by atoms with Crippen LogP contribution in [0.25, 0.3) is 11.1 Å². The van der Waals surface area contributed by atoms with Gasteiger partial charge in [0.2, 0.25) is 11.9 Å². The minimum atomic E-state index is -0.713. The van der Waals surface area contributed by atoms with E-state index >= 15 is 0 Å². The van der Waals surface area contributed by atoms with Crippen molar-refractivity contribution in [2.24, 2.45) is 5.73 Å². The van der Waals surface area contributed by atoms with Crippen molar-refractivity contribution < 1.29 is 9.18 Å². The summed E-state index contributed by atoms with van der Waals surface area (Å²) in [5.74, 6) is -0.613. The summed E-state index contributed by atoms with van der Waals surface area (Å²) in [7, 11) is 0. The molecule has 1 aromatic heterocycles. The number of halogens is 1. The highest BCUT2D eigenvalue weighted by atomic mass is 19.1. The molecular weight excluding hydrogens is 357 g/mol. The number of benzene rings is 2. The van der Waals surface area contributed by atoms with Crippen LogP contribution >= 0.6 is 0 Å². The maximum Gasteiger partial charge on any atom is 0.249 e. The smallest absolute Gasteiger partial charge is 0.249 e. The zero-order valence-corrected chi connectivity index (χ0v) is 14.8. The molecule has 6 nitrogen and oxygen atoms in total. The number of nitrogens with two attached hydrogens (primary N) is 1. The van der Waals surface area contributed by atoms with Crippen molar-refractivity contribution in [2.75, 3.05) is 5.32 Å². The number of primary amides is 1. The number of aromatic nitrogens is 2. The summed E-state index contributed by atoms with van der Waals surface area (Å²) >= 11 is 0. The van der Waals surface area contributed by atoms with Gasteiger partial charge in [-0.05, 0) is 42.7 Å². The number of nitriles is 1. The van der Waals surface area contributed by atoms with Gasteiger partial charge in [-0.3, -0.25) is 4.79 Å². The van der Waals surface area contributed by atoms with Gasteiger partial charge in [0.05, 0.1) is 11.5 Å². The van der Waals surface area contributed by atoms with Gasteiger partial charge in [0.1, 0.15) is 5.82 Å². The highest BCUT2D eigenvalue weighted by Gasteiger charge is 2.48. The first-order valence-corrected chi connectivity index (χ1v) is 8.72. The maximum atomic E-state index is 13.4. The Morgan fingerprint density at radius 3 is 2.46 bits per heavy atom. The van der Waals surface area contributed by atoms with Gasteiger partial charge in [-0.1, -0.05) is 18.2 Å². The number of rotatable bonds is 5. The molecule has 1 amide bonds. The third-order valence-electron chi connectivity index (χ3n) is 4.83. The number of hydrogen-bond acceptors (Lipinski definition) is 5. The van der Waals surface area contributed by atoms with Gasteiger partial charge in [0, 0.05) is 34.8 Å². The molecule has 3 aromatic rings. The highest BCUT2D eigenvalue weighted by Crippen LogP contribution is 2.51. The lowest BCUT2D eigenvalue weighted by Gasteiger charge is -2.17. The quantitative estimate of drug-likeness (QED) is 0.710. The average Bonchev–Trinajstić information content (AvgIpc) is 3.49. The van der Waals surface area contributed by atoms with Crippen LogP contribution in [0.5, 0.6) is 0 Å². The Labute approximate surface area is 160 Å². The van der Waals surface area contributed by atoms with Crippen LogP contribution in [0.15, 0.2) is 54.9 Å². The zero-order chi connectivity index (χ0) is 19.7. The summed E-state index contributed by atoms with van der Waals surface area (Å²) in [4.78, 5) is 20.4. The zero-order valence-electron chi connectivity index (χ0n) is 14.8. The van der Waals surface area contributed by atoms with Crippen molar-refractivity contribution in [1.82, 2.24) is 9.97 Å². The van der Waals surface area contributed by atoms with Crippen LogP contribution in [0.1, 0.15) is 28.8 Å². The van der Waals surface area contributed by atoms with E-state index in [1.807, 2.05) is 0 Å². The summed E-state index contributed by atoms with van der Waals surface area (Å²) < 4.78 is 13.4. The molecule has 1 saturated carbocycles. The molecule has 1 heterocycles. The van der Waals surface area contributed by atoms with Crippen LogP contribution in [0.4, 0.5) is 16.0 Å². The Kier molecular flexibility index (Phi) is 4.24. The van der Waals surface area contributed by atoms with Crippen molar-refractivity contribution >= 4 is 17.5 Å². The van der Waals surface area contributed by atoms with Crippen molar-refractivity contribution in [3.05, 3.63) is 71.8 Å². The van der Waals surface area contributed by atoms with E-state index in [2.05, 4.69) is 21.4 Å². The molecule has 28 heavy (non-hydrogen) atoms. The first-order chi connectivity index (χ1) is 13.5. The molecule has 1 aliphatic rings. The molecule has 0 aliphatic heterocycles. The summed E-state index contributed by atoms with van der Waals surface area (Å²) in [6.45, 7) is 0. The summed E-state index contributed by atoms with van der Waals surface area (Å²) in [5, 5.41) is 12.7. The highest BCUT2D eigenvalue weighted by molar-refractivity contribution is 5.97. The molecule has 1 aliphatic carbocycles. The SMILES string of the molecule is N#CC1(c2c(Nc3ncc(-c4cccc(F)c4)cn3)cccc2C(N)=O)CC1. The van der Waals surface area contributed by atoms with Gasteiger partial charge < -0.3 is 11.1 Å². The second-order valence-corrected chi connectivity index (χ2v) is 6.72. The van der Waals surface area contributed by atoms with Crippen LogP contribution in [0.2, 0.25) is 0 Å². The van der Waals surface area contributed by atoms with Crippen LogP contribution in [0, 0.1) is 17.1 Å². The Morgan fingerprint density at radius 2 is 1.86 bits per heavy atom. The lowest BCUT2D eigenvalue weighted by Crippen LogP contribution is -2.19. The van der Waals surface area contributed by atoms with E-state index in [0.29, 0.717) is 46.7 Å². The molecule has 4 rings (SSSR count). The van der Waals surface area contributed by atoms with Crippen LogP contribution in [-0.4, -0.2) is 15.9 Å². The van der Waals surface area contributed by atoms with Crippen molar-refractivity contribution in [2.45, 2.75) is 18.3 Å². The Morgan fingerprint density at radius 1 is 1.14 bits per heavy atom. The second-order valence-electron chi connectivity index (χ2n) is 6.72. The van der Waals surface area contributed by atoms with E-state index in [4.69, 9.17) is 5.73 Å². The normalized spacial score (nSPS) is 14.1. The number of carbonyl (C=O) groups is 1. The largest absolute Gasteiger partial charge is 0.366 e. The standard InChI is InChI=1S/C21H16FN5O/c22-15-4-1-3-13(9-15)14-10-25-20(26-11-14)27-17-6-2-5-16(19(24)28)18(17)21(12-23)7-8-21/h1-6,9-11H,7-8H2,(H2,24,28)(H,25,26,27). The van der Waals surface area contributed by atoms with E-state index in [-0.39, 0.29) is 5.82 Å². The molecule has 138 valence electrons. The fraction of sp³-hybridized carbons (Fsp3) is 0.143. The Hall–Kier alpha value is -3.79. The van der Waals surface area contributed by atoms with Crippen LogP contribution in [-0.2, 0) is 5.41 Å². The van der Waals surface area contributed by atoms with E-state index < -0.39 is 11.3 Å². The van der Waals surface area contributed by atoms with E-state index in [1.165, 1.54) is 12.1 Å². The number of nitrogens with one attached hydrogen (secondary N) is 1. The molecule has 3 N–H and O–H groups in total. The third-order valence-corrected chi connectivity index (χ3v) is 4.83. The number of amides is 1. The van der Waals surface area contributed by atoms with Crippen molar-refractivity contribution in [3.63, 3.8) is 0 Å². The van der Waals surface area contributed by atoms with Crippen LogP contribution < -0.4 is 11.1 Å². The fourth-order valence-electron chi connectivity index (χ4n) is 3.25. The van der Waals surface area contributed by atoms with Gasteiger partial charge in [-0.2, -0.15) is 5.26 Å². The van der Waals surface area contributed by atoms with E-state index in [1.54, 1.807) is 42.7 Å². The molecule has 0 bridgehead atoms. The molecular formula is C21H16FN5O. The molecule has 2 aromatic carbocycles. The predicted molar refractivity (Wildman–Crippen MR) is 102 cm³/mol. The Bertz CT molecular complexity index is 1100. The Balaban J connectivity index is 1.68. The molecule has 0 radical (unpaired) electrons. The lowest BCUT2D eigenvalue weighted by atomic mass is 9.90. The van der Waals surface area contributed by atoms with Gasteiger partial charge in [-0.15, -0.1) is 0 Å². The third kappa shape index (κ3) is 3.16. The minimum absolute atomic E-state index is 0.303. The first kappa shape index (κ1) is 17.6. The van der Waals surface area contributed by atoms with Crippen molar-refractivity contribution in [1.29, 1.82) is 5.26 Å². The average molecular weight is 373 g/mol. The lowest BCUT2D eigenvalue weighted by molar-refractivity contribution is 0.0999. The van der Waals surface area contributed by atoms with E-state index in [0.717, 1.165) is 0 Å². The van der Waals surface area contributed by atoms with Gasteiger partial charge >= 0.3 is 0 Å². The van der Waals surface area contributed by atoms with E-state index in [9.17, 15) is 14.4 Å². The van der Waals surface area contributed by atoms with Crippen molar-refractivity contribution in [3.8, 4) is 17.2 Å². The van der Waals surface area contributed by atoms with Gasteiger partial charge in [0.25, 0.3) is 0 Å². The summed E-state index contributed by atoms with van der Waals surface area (Å²) in [6, 6.07) is 13.6. The summed E-state index contributed by atoms with van der Waals surface area (Å²) in [5.41, 5.74) is 7.63. The molecule has 0 spiro atoms. The predicted octanol–water partition coefficient (Wildman–Crippen LogP) is 3.68. The minimum Gasteiger partial charge on any atom is -0.366 e. The number of anilines is 2. The molecule has 0 atom stereocenters. The molecule has 1 fully saturated rings. The van der Waals surface area contributed by atoms with Crippen LogP contribution in [0.3, 0.4) is 0 Å². The topological polar surface area (TPSA) is 105 Å². The maximum absolute atomic E-state index is 13.4. The fourth-order valence-corrected chi connectivity index (χ4v) is 3.25. The first-order valence-electron chi connectivity index (χ1n) is 8.72. The molecule has 0 unspecified atom stereocenters. The second kappa shape index (κ2) is 6.74. The number of carbonyl (C=O) groups excluding carboxylic acids is 1. The van der Waals surface area contributed by atoms with Gasteiger partial charge in [0.15, 0.2) is 0 Å². The number of nitrogens with zero attached hydrogens (tertiary/aromatic N) is 3. The van der Waals surface area contributed by atoms with Gasteiger partial charge in [-0.25, -0.2) is 14.4 Å². The molecule has 7 heteroatoms.